The quantitative estimate of drug-likeness (QED) is 0.440. The third kappa shape index (κ3) is 3.32. The zero-order valence-corrected chi connectivity index (χ0v) is 11.0. The van der Waals surface area contributed by atoms with Crippen LogP contribution in [0.5, 0.6) is 0 Å². The molecule has 2 aliphatic rings. The zero-order valence-electron chi connectivity index (χ0n) is 11.0. The maximum Gasteiger partial charge on any atom is 0.312 e. The van der Waals surface area contributed by atoms with Crippen LogP contribution in [-0.2, 0) is 9.53 Å². The van der Waals surface area contributed by atoms with Gasteiger partial charge in [0.1, 0.15) is 5.60 Å². The van der Waals surface area contributed by atoms with Gasteiger partial charge in [0.25, 0.3) is 0 Å². The number of amides is 2. The lowest BCUT2D eigenvalue weighted by Crippen LogP contribution is -2.48. The molecule has 0 aromatic rings. The molecule has 1 aliphatic carbocycles. The highest BCUT2D eigenvalue weighted by Gasteiger charge is 2.50. The number of epoxide rings is 1. The normalized spacial score (nSPS) is 26.8. The standard InChI is InChI=1S/C12H18N2O3.CH3/c1-12(7-17-12)10(15)9(14-11(13)16)6-8-4-2-3-5-8;/h4,9H,2-3,5-7H2,1H3,(H3,13,14,16);1H3/q;-1/t9-,12+;/m0./s1. The molecule has 5 heteroatoms. The van der Waals surface area contributed by atoms with E-state index in [-0.39, 0.29) is 13.2 Å². The predicted octanol–water partition coefficient (Wildman–Crippen LogP) is 1.33. The first kappa shape index (κ1) is 14.7. The molecule has 2 atom stereocenters. The molecule has 0 saturated carbocycles. The van der Waals surface area contributed by atoms with Crippen LogP contribution in [0.15, 0.2) is 11.6 Å². The third-order valence-corrected chi connectivity index (χ3v) is 3.33. The molecule has 0 bridgehead atoms. The summed E-state index contributed by atoms with van der Waals surface area (Å²) in [6.07, 6.45) is 5.88. The number of ketones is 1. The van der Waals surface area contributed by atoms with Crippen molar-refractivity contribution in [3.8, 4) is 0 Å². The monoisotopic (exact) mass is 253 g/mol. The number of carbonyl (C=O) groups is 2. The number of carbonyl (C=O) groups excluding carboxylic acids is 2. The fraction of sp³-hybridized carbons (Fsp3) is 0.615. The lowest BCUT2D eigenvalue weighted by Gasteiger charge is -2.18. The van der Waals surface area contributed by atoms with Crippen LogP contribution in [0.2, 0.25) is 0 Å². The van der Waals surface area contributed by atoms with Gasteiger partial charge in [0.15, 0.2) is 5.78 Å². The van der Waals surface area contributed by atoms with Gasteiger partial charge in [-0.05, 0) is 32.6 Å². The van der Waals surface area contributed by atoms with Gasteiger partial charge in [0, 0.05) is 0 Å². The average molecular weight is 253 g/mol. The van der Waals surface area contributed by atoms with Crippen molar-refractivity contribution in [2.75, 3.05) is 6.61 Å². The van der Waals surface area contributed by atoms with Gasteiger partial charge in [-0.25, -0.2) is 4.79 Å². The largest absolute Gasteiger partial charge is 0.361 e. The van der Waals surface area contributed by atoms with Gasteiger partial charge in [-0.15, -0.1) is 0 Å². The van der Waals surface area contributed by atoms with E-state index in [9.17, 15) is 9.59 Å². The molecule has 1 saturated heterocycles. The molecule has 1 aliphatic heterocycles. The van der Waals surface area contributed by atoms with Gasteiger partial charge in [0.05, 0.1) is 12.6 Å². The highest BCUT2D eigenvalue weighted by Crippen LogP contribution is 2.31. The van der Waals surface area contributed by atoms with E-state index in [1.54, 1.807) is 6.92 Å². The number of primary amides is 1. The van der Waals surface area contributed by atoms with Crippen molar-refractivity contribution in [1.29, 1.82) is 0 Å². The number of rotatable bonds is 5. The van der Waals surface area contributed by atoms with Crippen LogP contribution in [0.1, 0.15) is 32.6 Å². The molecule has 0 radical (unpaired) electrons. The number of nitrogens with two attached hydrogens (primary N) is 1. The van der Waals surface area contributed by atoms with E-state index in [2.05, 4.69) is 11.4 Å². The predicted molar refractivity (Wildman–Crippen MR) is 68.8 cm³/mol. The van der Waals surface area contributed by atoms with E-state index in [0.717, 1.165) is 19.3 Å². The smallest absolute Gasteiger partial charge is 0.312 e. The minimum Gasteiger partial charge on any atom is -0.361 e. The van der Waals surface area contributed by atoms with E-state index in [1.165, 1.54) is 5.57 Å². The minimum absolute atomic E-state index is 0. The summed E-state index contributed by atoms with van der Waals surface area (Å²) in [5.41, 5.74) is 5.61. The van der Waals surface area contributed by atoms with Crippen LogP contribution in [0, 0.1) is 7.43 Å². The molecule has 0 unspecified atom stereocenters. The number of hydrogen-bond donors (Lipinski definition) is 2. The lowest BCUT2D eigenvalue weighted by atomic mass is 9.94. The molecule has 2 rings (SSSR count). The summed E-state index contributed by atoms with van der Waals surface area (Å²) in [6.45, 7) is 2.18. The van der Waals surface area contributed by atoms with Crippen LogP contribution < -0.4 is 11.1 Å². The van der Waals surface area contributed by atoms with Gasteiger partial charge in [-0.1, -0.05) is 11.6 Å². The van der Waals surface area contributed by atoms with Gasteiger partial charge in [-0.3, -0.25) is 4.79 Å². The molecular weight excluding hydrogens is 232 g/mol. The summed E-state index contributed by atoms with van der Waals surface area (Å²) in [7, 11) is 0. The van der Waals surface area contributed by atoms with Crippen LogP contribution in [0.3, 0.4) is 0 Å². The first-order valence-corrected chi connectivity index (χ1v) is 5.93. The molecular formula is C13H21N2O3-. The van der Waals surface area contributed by atoms with Gasteiger partial charge in [0.2, 0.25) is 0 Å². The van der Waals surface area contributed by atoms with Crippen molar-refractivity contribution in [3.05, 3.63) is 19.1 Å². The van der Waals surface area contributed by atoms with Crippen LogP contribution >= 0.6 is 0 Å². The Hall–Kier alpha value is -1.36. The number of Topliss-reactive ketones (excluding diaryl/α,β-unsaturated/α-hetero) is 1. The van der Waals surface area contributed by atoms with E-state index in [1.807, 2.05) is 0 Å². The topological polar surface area (TPSA) is 84.7 Å². The van der Waals surface area contributed by atoms with Crippen molar-refractivity contribution in [1.82, 2.24) is 5.32 Å². The summed E-state index contributed by atoms with van der Waals surface area (Å²) in [4.78, 5) is 23.1. The summed E-state index contributed by atoms with van der Waals surface area (Å²) < 4.78 is 5.12. The highest BCUT2D eigenvalue weighted by atomic mass is 16.6. The molecule has 102 valence electrons. The molecule has 2 amide bonds. The van der Waals surface area contributed by atoms with Crippen LogP contribution in [0.25, 0.3) is 0 Å². The second-order valence-corrected chi connectivity index (χ2v) is 4.90. The van der Waals surface area contributed by atoms with E-state index >= 15 is 0 Å². The first-order valence-electron chi connectivity index (χ1n) is 5.93. The molecule has 1 fully saturated rings. The van der Waals surface area contributed by atoms with Crippen LogP contribution in [0.4, 0.5) is 4.79 Å². The molecule has 18 heavy (non-hydrogen) atoms. The first-order chi connectivity index (χ1) is 8.01. The van der Waals surface area contributed by atoms with Gasteiger partial charge >= 0.3 is 6.03 Å². The Labute approximate surface area is 108 Å². The molecule has 1 heterocycles. The minimum atomic E-state index is -0.716. The second kappa shape index (κ2) is 5.52. The Morgan fingerprint density at radius 2 is 2.28 bits per heavy atom. The Morgan fingerprint density at radius 3 is 2.72 bits per heavy atom. The van der Waals surface area contributed by atoms with Crippen LogP contribution in [-0.4, -0.2) is 30.1 Å². The van der Waals surface area contributed by atoms with E-state index in [4.69, 9.17) is 10.5 Å². The highest BCUT2D eigenvalue weighted by molar-refractivity contribution is 5.96. The second-order valence-electron chi connectivity index (χ2n) is 4.90. The SMILES string of the molecule is C[C@]1(C(=O)[C@H](CC2=CCCC2)NC(N)=O)CO1.[CH3-]. The molecule has 0 aromatic heterocycles. The maximum absolute atomic E-state index is 12.1. The van der Waals surface area contributed by atoms with Crippen molar-refractivity contribution >= 4 is 11.8 Å². The molecule has 3 N–H and O–H groups in total. The van der Waals surface area contributed by atoms with Gasteiger partial charge < -0.3 is 23.2 Å². The Kier molecular flexibility index (Phi) is 4.51. The number of urea groups is 1. The summed E-state index contributed by atoms with van der Waals surface area (Å²) in [5.74, 6) is -0.0795. The van der Waals surface area contributed by atoms with Crippen molar-refractivity contribution in [3.63, 3.8) is 0 Å². The maximum atomic E-state index is 12.1. The number of allylic oxidation sites excluding steroid dienone is 1. The summed E-state index contributed by atoms with van der Waals surface area (Å²) in [5, 5.41) is 2.52. The zero-order chi connectivity index (χ0) is 12.5. The third-order valence-electron chi connectivity index (χ3n) is 3.33. The van der Waals surface area contributed by atoms with E-state index in [0.29, 0.717) is 13.0 Å². The van der Waals surface area contributed by atoms with Crippen molar-refractivity contribution in [2.45, 2.75) is 44.2 Å². The Balaban J connectivity index is 0.00000162. The average Bonchev–Trinajstić information content (AvgIpc) is 2.80. The Bertz CT molecular complexity index is 372. The number of nitrogens with one attached hydrogen (secondary N) is 1. The summed E-state index contributed by atoms with van der Waals surface area (Å²) in [6, 6.07) is -1.21. The fourth-order valence-electron chi connectivity index (χ4n) is 2.19. The molecule has 0 aromatic carbocycles. The summed E-state index contributed by atoms with van der Waals surface area (Å²) >= 11 is 0. The molecule has 0 spiro atoms. The molecule has 5 nitrogen and oxygen atoms in total. The number of ether oxygens (including phenoxy) is 1. The Morgan fingerprint density at radius 1 is 1.61 bits per heavy atom. The van der Waals surface area contributed by atoms with Gasteiger partial charge in [-0.2, -0.15) is 0 Å². The van der Waals surface area contributed by atoms with E-state index < -0.39 is 17.7 Å². The van der Waals surface area contributed by atoms with Crippen molar-refractivity contribution < 1.29 is 14.3 Å². The lowest BCUT2D eigenvalue weighted by molar-refractivity contribution is -0.125. The fourth-order valence-corrected chi connectivity index (χ4v) is 2.19. The van der Waals surface area contributed by atoms with Crippen molar-refractivity contribution in [2.24, 2.45) is 5.73 Å². The number of hydrogen-bond acceptors (Lipinski definition) is 3.